The van der Waals surface area contributed by atoms with Gasteiger partial charge in [0.05, 0.1) is 12.2 Å². The molecule has 1 aliphatic rings. The molecule has 1 saturated carbocycles. The molecule has 0 aromatic carbocycles. The summed E-state index contributed by atoms with van der Waals surface area (Å²) in [6.07, 6.45) is 5.20. The van der Waals surface area contributed by atoms with Crippen molar-refractivity contribution in [2.24, 2.45) is 5.92 Å². The Bertz CT molecular complexity index is 185. The number of alkyl halides is 1. The molecule has 1 fully saturated rings. The second-order valence-electron chi connectivity index (χ2n) is 5.03. The molecule has 3 atom stereocenters. The fraction of sp³-hybridized carbons (Fsp3) is 1.00. The maximum atomic E-state index is 5.85. The highest BCUT2D eigenvalue weighted by molar-refractivity contribution is 9.09. The second-order valence-corrected chi connectivity index (χ2v) is 6.21. The molecule has 0 aliphatic heterocycles. The van der Waals surface area contributed by atoms with Gasteiger partial charge in [0.2, 0.25) is 0 Å². The van der Waals surface area contributed by atoms with Crippen LogP contribution in [0.2, 0.25) is 0 Å². The molecule has 0 aromatic rings. The van der Waals surface area contributed by atoms with Crippen molar-refractivity contribution >= 4 is 15.9 Å². The minimum Gasteiger partial charge on any atom is -0.375 e. The van der Waals surface area contributed by atoms with Gasteiger partial charge in [0.15, 0.2) is 0 Å². The zero-order valence-corrected chi connectivity index (χ0v) is 12.3. The first-order chi connectivity index (χ1) is 7.65. The smallest absolute Gasteiger partial charge is 0.0962 e. The quantitative estimate of drug-likeness (QED) is 0.501. The van der Waals surface area contributed by atoms with Crippen LogP contribution in [-0.2, 0) is 9.47 Å². The first kappa shape index (κ1) is 14.5. The summed E-state index contributed by atoms with van der Waals surface area (Å²) in [7, 11) is 0. The van der Waals surface area contributed by atoms with E-state index in [1.54, 1.807) is 0 Å². The number of rotatable bonds is 8. The molecule has 3 heteroatoms. The third kappa shape index (κ3) is 4.72. The van der Waals surface area contributed by atoms with Crippen molar-refractivity contribution < 1.29 is 9.47 Å². The van der Waals surface area contributed by atoms with Crippen LogP contribution in [0.1, 0.15) is 46.5 Å². The Kier molecular flexibility index (Phi) is 6.94. The Morgan fingerprint density at radius 3 is 2.56 bits per heavy atom. The van der Waals surface area contributed by atoms with Gasteiger partial charge in [0, 0.05) is 18.0 Å². The first-order valence-electron chi connectivity index (χ1n) is 6.52. The van der Waals surface area contributed by atoms with Crippen LogP contribution in [-0.4, -0.2) is 30.2 Å². The van der Waals surface area contributed by atoms with E-state index in [4.69, 9.17) is 9.47 Å². The lowest BCUT2D eigenvalue weighted by Gasteiger charge is -2.41. The molecular formula is C13H25BrO2. The van der Waals surface area contributed by atoms with Crippen LogP contribution in [0.5, 0.6) is 0 Å². The maximum Gasteiger partial charge on any atom is 0.0962 e. The van der Waals surface area contributed by atoms with Crippen molar-refractivity contribution in [2.75, 3.05) is 13.2 Å². The van der Waals surface area contributed by atoms with E-state index in [0.29, 0.717) is 10.9 Å². The molecular weight excluding hydrogens is 268 g/mol. The second kappa shape index (κ2) is 7.67. The molecule has 0 radical (unpaired) electrons. The van der Waals surface area contributed by atoms with E-state index in [2.05, 4.69) is 36.7 Å². The van der Waals surface area contributed by atoms with Gasteiger partial charge < -0.3 is 9.47 Å². The lowest BCUT2D eigenvalue weighted by Crippen LogP contribution is -2.50. The van der Waals surface area contributed by atoms with E-state index < -0.39 is 0 Å². The van der Waals surface area contributed by atoms with Crippen molar-refractivity contribution in [1.82, 2.24) is 0 Å². The Labute approximate surface area is 108 Å². The highest BCUT2D eigenvalue weighted by Gasteiger charge is 2.41. The third-order valence-electron chi connectivity index (χ3n) is 2.95. The molecule has 0 spiro atoms. The Balaban J connectivity index is 2.08. The molecule has 3 unspecified atom stereocenters. The van der Waals surface area contributed by atoms with Crippen molar-refractivity contribution in [1.29, 1.82) is 0 Å². The standard InChI is InChI=1S/C13H25BrO2/c1-4-7-16-13-11(14)9-12(13)15-8-5-6-10(2)3/h10-13H,4-9H2,1-3H3. The van der Waals surface area contributed by atoms with E-state index in [9.17, 15) is 0 Å². The molecule has 0 N–H and O–H groups in total. The minimum absolute atomic E-state index is 0.277. The van der Waals surface area contributed by atoms with Gasteiger partial charge >= 0.3 is 0 Å². The topological polar surface area (TPSA) is 18.5 Å². The highest BCUT2D eigenvalue weighted by atomic mass is 79.9. The van der Waals surface area contributed by atoms with E-state index in [0.717, 1.165) is 32.0 Å². The Morgan fingerprint density at radius 2 is 2.00 bits per heavy atom. The Morgan fingerprint density at radius 1 is 1.25 bits per heavy atom. The van der Waals surface area contributed by atoms with E-state index in [1.165, 1.54) is 12.8 Å². The van der Waals surface area contributed by atoms with E-state index in [-0.39, 0.29) is 6.10 Å². The summed E-state index contributed by atoms with van der Waals surface area (Å²) in [6, 6.07) is 0. The number of ether oxygens (including phenoxy) is 2. The summed E-state index contributed by atoms with van der Waals surface area (Å²) in [5.41, 5.74) is 0. The number of hydrogen-bond acceptors (Lipinski definition) is 2. The van der Waals surface area contributed by atoms with Crippen LogP contribution >= 0.6 is 15.9 Å². The Hall–Kier alpha value is 0.400. The fourth-order valence-corrected chi connectivity index (χ4v) is 2.74. The number of halogens is 1. The summed E-state index contributed by atoms with van der Waals surface area (Å²) in [5.74, 6) is 0.779. The molecule has 2 nitrogen and oxygen atoms in total. The van der Waals surface area contributed by atoms with Crippen LogP contribution in [0.3, 0.4) is 0 Å². The summed E-state index contributed by atoms with van der Waals surface area (Å²) < 4.78 is 11.6. The SMILES string of the molecule is CCCOC1C(Br)CC1OCCCC(C)C. The average Bonchev–Trinajstić information content (AvgIpc) is 2.22. The van der Waals surface area contributed by atoms with E-state index >= 15 is 0 Å². The highest BCUT2D eigenvalue weighted by Crippen LogP contribution is 2.33. The van der Waals surface area contributed by atoms with Gasteiger partial charge in [-0.3, -0.25) is 0 Å². The predicted octanol–water partition coefficient (Wildman–Crippen LogP) is 3.77. The van der Waals surface area contributed by atoms with Crippen LogP contribution < -0.4 is 0 Å². The third-order valence-corrected chi connectivity index (χ3v) is 3.85. The zero-order chi connectivity index (χ0) is 12.0. The average molecular weight is 293 g/mol. The zero-order valence-electron chi connectivity index (χ0n) is 10.7. The maximum absolute atomic E-state index is 5.85. The predicted molar refractivity (Wildman–Crippen MR) is 71.2 cm³/mol. The first-order valence-corrected chi connectivity index (χ1v) is 7.44. The molecule has 1 aliphatic carbocycles. The van der Waals surface area contributed by atoms with Crippen molar-refractivity contribution in [2.45, 2.75) is 63.5 Å². The molecule has 96 valence electrons. The molecule has 0 aromatic heterocycles. The van der Waals surface area contributed by atoms with Gasteiger partial charge in [0.25, 0.3) is 0 Å². The van der Waals surface area contributed by atoms with E-state index in [1.807, 2.05) is 0 Å². The molecule has 0 bridgehead atoms. The van der Waals surface area contributed by atoms with Gasteiger partial charge in [-0.15, -0.1) is 0 Å². The van der Waals surface area contributed by atoms with Crippen molar-refractivity contribution in [3.05, 3.63) is 0 Å². The molecule has 0 heterocycles. The monoisotopic (exact) mass is 292 g/mol. The van der Waals surface area contributed by atoms with Crippen molar-refractivity contribution in [3.8, 4) is 0 Å². The lowest BCUT2D eigenvalue weighted by molar-refractivity contribution is -0.121. The molecule has 0 saturated heterocycles. The lowest BCUT2D eigenvalue weighted by atomic mass is 9.91. The van der Waals surface area contributed by atoms with Gasteiger partial charge in [-0.2, -0.15) is 0 Å². The fourth-order valence-electron chi connectivity index (χ4n) is 1.88. The summed E-state index contributed by atoms with van der Waals surface area (Å²) >= 11 is 3.62. The summed E-state index contributed by atoms with van der Waals surface area (Å²) in [4.78, 5) is 0.495. The van der Waals surface area contributed by atoms with Gasteiger partial charge in [0.1, 0.15) is 0 Å². The van der Waals surface area contributed by atoms with Crippen LogP contribution in [0.25, 0.3) is 0 Å². The van der Waals surface area contributed by atoms with Gasteiger partial charge in [-0.05, 0) is 31.6 Å². The minimum atomic E-state index is 0.277. The van der Waals surface area contributed by atoms with Gasteiger partial charge in [-0.1, -0.05) is 36.7 Å². The normalized spacial score (nSPS) is 29.4. The molecule has 0 amide bonds. The van der Waals surface area contributed by atoms with Crippen LogP contribution in [0.4, 0.5) is 0 Å². The van der Waals surface area contributed by atoms with Crippen molar-refractivity contribution in [3.63, 3.8) is 0 Å². The summed E-state index contributed by atoms with van der Waals surface area (Å²) in [6.45, 7) is 8.38. The van der Waals surface area contributed by atoms with Crippen LogP contribution in [0.15, 0.2) is 0 Å². The van der Waals surface area contributed by atoms with Crippen LogP contribution in [0, 0.1) is 5.92 Å². The largest absolute Gasteiger partial charge is 0.375 e. The van der Waals surface area contributed by atoms with Gasteiger partial charge in [-0.25, -0.2) is 0 Å². The molecule has 1 rings (SSSR count). The molecule has 16 heavy (non-hydrogen) atoms. The number of hydrogen-bond donors (Lipinski definition) is 0. The summed E-state index contributed by atoms with van der Waals surface area (Å²) in [5, 5.41) is 0.